The molecule has 0 bridgehead atoms. The van der Waals surface area contributed by atoms with E-state index in [2.05, 4.69) is 69.3 Å². The number of carbonyl (C=O) groups is 1. The SMILES string of the molecule is CCOC(=O)/C(C)=C/C[C@@H]1O[C@H](CO[Si](c2ccccc2)(c2ccccc2)C(C)(C)C)CC[C@@]1(C)O. The molecule has 5 nitrogen and oxygen atoms in total. The molecule has 3 rings (SSSR count). The number of benzene rings is 2. The molecule has 0 saturated carbocycles. The first kappa shape index (κ1) is 28.3. The molecule has 6 heteroatoms. The highest BCUT2D eigenvalue weighted by Gasteiger charge is 2.51. The van der Waals surface area contributed by atoms with Gasteiger partial charge >= 0.3 is 5.97 Å². The molecule has 1 fully saturated rings. The molecule has 0 unspecified atom stereocenters. The van der Waals surface area contributed by atoms with E-state index in [-0.39, 0.29) is 17.1 Å². The van der Waals surface area contributed by atoms with Gasteiger partial charge in [0.15, 0.2) is 0 Å². The van der Waals surface area contributed by atoms with E-state index >= 15 is 0 Å². The van der Waals surface area contributed by atoms with Crippen LogP contribution in [0.15, 0.2) is 72.3 Å². The first-order valence-electron chi connectivity index (χ1n) is 13.0. The first-order valence-corrected chi connectivity index (χ1v) is 14.9. The van der Waals surface area contributed by atoms with Crippen molar-refractivity contribution in [1.82, 2.24) is 0 Å². The fraction of sp³-hybridized carbons (Fsp3) is 0.500. The predicted molar refractivity (Wildman–Crippen MR) is 147 cm³/mol. The van der Waals surface area contributed by atoms with Gasteiger partial charge in [0.25, 0.3) is 8.32 Å². The van der Waals surface area contributed by atoms with Gasteiger partial charge in [0, 0.05) is 5.57 Å². The maximum Gasteiger partial charge on any atom is 0.333 e. The number of hydrogen-bond donors (Lipinski definition) is 1. The molecule has 1 heterocycles. The van der Waals surface area contributed by atoms with E-state index < -0.39 is 20.0 Å². The van der Waals surface area contributed by atoms with Crippen molar-refractivity contribution in [3.63, 3.8) is 0 Å². The number of carbonyl (C=O) groups excluding carboxylic acids is 1. The largest absolute Gasteiger partial charge is 0.463 e. The highest BCUT2D eigenvalue weighted by atomic mass is 28.4. The van der Waals surface area contributed by atoms with E-state index in [0.717, 1.165) is 0 Å². The molecule has 0 aromatic heterocycles. The van der Waals surface area contributed by atoms with Crippen LogP contribution in [-0.4, -0.2) is 50.4 Å². The normalized spacial score (nSPS) is 23.4. The van der Waals surface area contributed by atoms with Gasteiger partial charge in [-0.15, -0.1) is 0 Å². The molecule has 1 aliphatic rings. The van der Waals surface area contributed by atoms with Gasteiger partial charge in [-0.05, 0) is 55.4 Å². The van der Waals surface area contributed by atoms with Gasteiger partial charge in [0.2, 0.25) is 0 Å². The molecule has 2 aromatic rings. The van der Waals surface area contributed by atoms with Crippen molar-refractivity contribution in [1.29, 1.82) is 0 Å². The Kier molecular flexibility index (Phi) is 9.33. The molecule has 1 saturated heterocycles. The van der Waals surface area contributed by atoms with Crippen LogP contribution in [0.3, 0.4) is 0 Å². The molecule has 0 spiro atoms. The highest BCUT2D eigenvalue weighted by Crippen LogP contribution is 2.38. The number of ether oxygens (including phenoxy) is 2. The topological polar surface area (TPSA) is 65.0 Å². The van der Waals surface area contributed by atoms with Crippen molar-refractivity contribution in [3.8, 4) is 0 Å². The van der Waals surface area contributed by atoms with Gasteiger partial charge in [0.1, 0.15) is 0 Å². The average molecular weight is 511 g/mol. The Bertz CT molecular complexity index is 971. The van der Waals surface area contributed by atoms with Crippen LogP contribution in [0.5, 0.6) is 0 Å². The quantitative estimate of drug-likeness (QED) is 0.299. The average Bonchev–Trinajstić information content (AvgIpc) is 2.84. The Balaban J connectivity index is 1.84. The summed E-state index contributed by atoms with van der Waals surface area (Å²) in [5.41, 5.74) is -0.443. The molecular weight excluding hydrogens is 468 g/mol. The van der Waals surface area contributed by atoms with Gasteiger partial charge in [0.05, 0.1) is 31.0 Å². The van der Waals surface area contributed by atoms with E-state index in [0.29, 0.717) is 38.0 Å². The minimum atomic E-state index is -2.67. The van der Waals surface area contributed by atoms with E-state index in [4.69, 9.17) is 13.9 Å². The predicted octanol–water partition coefficient (Wildman–Crippen LogP) is 4.76. The van der Waals surface area contributed by atoms with Crippen molar-refractivity contribution in [3.05, 3.63) is 72.3 Å². The second-order valence-electron chi connectivity index (χ2n) is 11.0. The lowest BCUT2D eigenvalue weighted by atomic mass is 9.86. The third-order valence-corrected chi connectivity index (χ3v) is 12.2. The Hall–Kier alpha value is -2.25. The molecule has 1 aliphatic heterocycles. The minimum Gasteiger partial charge on any atom is -0.463 e. The van der Waals surface area contributed by atoms with Crippen LogP contribution in [-0.2, 0) is 18.7 Å². The smallest absolute Gasteiger partial charge is 0.333 e. The summed E-state index contributed by atoms with van der Waals surface area (Å²) in [7, 11) is -2.67. The molecule has 196 valence electrons. The standard InChI is InChI=1S/C30H42O5Si/c1-7-33-28(31)23(2)18-19-27-30(6,32)21-20-24(35-27)22-34-36(29(3,4)5,25-14-10-8-11-15-25)26-16-12-9-13-17-26/h8-18,24,27,32H,7,19-22H2,1-6H3/b23-18+/t24-,27-,30+/m0/s1. The second-order valence-corrected chi connectivity index (χ2v) is 15.3. The van der Waals surface area contributed by atoms with Crippen molar-refractivity contribution in [2.45, 2.75) is 83.7 Å². The number of esters is 1. The first-order chi connectivity index (χ1) is 17.0. The molecule has 0 radical (unpaired) electrons. The third-order valence-electron chi connectivity index (χ3n) is 7.16. The maximum atomic E-state index is 12.0. The van der Waals surface area contributed by atoms with Gasteiger partial charge in [-0.25, -0.2) is 4.79 Å². The van der Waals surface area contributed by atoms with Crippen LogP contribution in [0.2, 0.25) is 5.04 Å². The van der Waals surface area contributed by atoms with E-state index in [1.165, 1.54) is 10.4 Å². The lowest BCUT2D eigenvalue weighted by Gasteiger charge is -2.45. The summed E-state index contributed by atoms with van der Waals surface area (Å²) < 4.78 is 18.6. The summed E-state index contributed by atoms with van der Waals surface area (Å²) in [5.74, 6) is -0.334. The Morgan fingerprint density at radius 2 is 1.67 bits per heavy atom. The van der Waals surface area contributed by atoms with Gasteiger partial charge in [-0.3, -0.25) is 0 Å². The Morgan fingerprint density at radius 3 is 2.17 bits per heavy atom. The lowest BCUT2D eigenvalue weighted by Crippen LogP contribution is -2.67. The van der Waals surface area contributed by atoms with E-state index in [1.807, 2.05) is 25.1 Å². The van der Waals surface area contributed by atoms with Gasteiger partial charge < -0.3 is 19.0 Å². The molecule has 1 N–H and O–H groups in total. The zero-order chi connectivity index (χ0) is 26.4. The number of hydrogen-bond acceptors (Lipinski definition) is 5. The van der Waals surface area contributed by atoms with Crippen LogP contribution in [0.4, 0.5) is 0 Å². The van der Waals surface area contributed by atoms with Crippen molar-refractivity contribution < 1.29 is 23.8 Å². The van der Waals surface area contributed by atoms with E-state index in [9.17, 15) is 9.90 Å². The summed E-state index contributed by atoms with van der Waals surface area (Å²) in [6, 6.07) is 21.1. The van der Waals surface area contributed by atoms with Gasteiger partial charge in [-0.2, -0.15) is 0 Å². The van der Waals surface area contributed by atoms with Crippen LogP contribution in [0, 0.1) is 0 Å². The van der Waals surface area contributed by atoms with Gasteiger partial charge in [-0.1, -0.05) is 87.5 Å². The fourth-order valence-electron chi connectivity index (χ4n) is 5.08. The Labute approximate surface area is 217 Å². The van der Waals surface area contributed by atoms with Crippen molar-refractivity contribution in [2.75, 3.05) is 13.2 Å². The number of rotatable bonds is 9. The molecule has 3 atom stereocenters. The van der Waals surface area contributed by atoms with Crippen molar-refractivity contribution in [2.24, 2.45) is 0 Å². The zero-order valence-electron chi connectivity index (χ0n) is 22.6. The van der Waals surface area contributed by atoms with Crippen LogP contribution in [0.25, 0.3) is 0 Å². The molecular formula is C30H42O5Si. The highest BCUT2D eigenvalue weighted by molar-refractivity contribution is 6.99. The summed E-state index contributed by atoms with van der Waals surface area (Å²) >= 11 is 0. The molecule has 36 heavy (non-hydrogen) atoms. The summed E-state index contributed by atoms with van der Waals surface area (Å²) in [6.45, 7) is 12.9. The Morgan fingerprint density at radius 1 is 1.11 bits per heavy atom. The van der Waals surface area contributed by atoms with Crippen molar-refractivity contribution >= 4 is 24.7 Å². The second kappa shape index (κ2) is 11.9. The fourth-order valence-corrected chi connectivity index (χ4v) is 9.68. The number of aliphatic hydroxyl groups is 1. The summed E-state index contributed by atoms with van der Waals surface area (Å²) in [5, 5.41) is 13.4. The lowest BCUT2D eigenvalue weighted by molar-refractivity contribution is -0.172. The van der Waals surface area contributed by atoms with E-state index in [1.54, 1.807) is 13.8 Å². The molecule has 2 aromatic carbocycles. The monoisotopic (exact) mass is 510 g/mol. The zero-order valence-corrected chi connectivity index (χ0v) is 23.6. The van der Waals surface area contributed by atoms with Crippen LogP contribution < -0.4 is 10.4 Å². The van der Waals surface area contributed by atoms with Crippen LogP contribution in [0.1, 0.15) is 60.8 Å². The van der Waals surface area contributed by atoms with Crippen LogP contribution >= 0.6 is 0 Å². The third kappa shape index (κ3) is 6.35. The maximum absolute atomic E-state index is 12.0. The summed E-state index contributed by atoms with van der Waals surface area (Å²) in [6.07, 6.45) is 2.99. The molecule has 0 amide bonds. The minimum absolute atomic E-state index is 0.116. The molecule has 0 aliphatic carbocycles. The summed E-state index contributed by atoms with van der Waals surface area (Å²) in [4.78, 5) is 12.0.